The van der Waals surface area contributed by atoms with Crippen LogP contribution in [0.15, 0.2) is 65.7 Å². The Balaban J connectivity index is 1.91. The van der Waals surface area contributed by atoms with Crippen molar-refractivity contribution in [3.63, 3.8) is 0 Å². The van der Waals surface area contributed by atoms with Crippen molar-refractivity contribution in [2.75, 3.05) is 6.54 Å². The predicted molar refractivity (Wildman–Crippen MR) is 87.3 cm³/mol. The van der Waals surface area contributed by atoms with Gasteiger partial charge in [0.25, 0.3) is 0 Å². The van der Waals surface area contributed by atoms with E-state index in [9.17, 15) is 0 Å². The van der Waals surface area contributed by atoms with Gasteiger partial charge < -0.3 is 4.74 Å². The van der Waals surface area contributed by atoms with Gasteiger partial charge in [-0.15, -0.1) is 0 Å². The minimum absolute atomic E-state index is 0.710. The fourth-order valence-electron chi connectivity index (χ4n) is 2.31. The second-order valence-corrected chi connectivity index (χ2v) is 5.23. The summed E-state index contributed by atoms with van der Waals surface area (Å²) in [6.07, 6.45) is 4.21. The van der Waals surface area contributed by atoms with Crippen molar-refractivity contribution in [3.05, 3.63) is 77.4 Å². The van der Waals surface area contributed by atoms with Gasteiger partial charge in [0.05, 0.1) is 0 Å². The van der Waals surface area contributed by atoms with Crippen molar-refractivity contribution in [1.29, 1.82) is 0 Å². The first-order valence-electron chi connectivity index (χ1n) is 7.38. The Morgan fingerprint density at radius 2 is 1.67 bits per heavy atom. The zero-order valence-electron chi connectivity index (χ0n) is 12.3. The standard InChI is InChI=1S/C19H19NO/c1-15-10-12-16(13-11-15)18-9-5-6-14-20-19(21-18)17-7-3-2-4-8-17/h2-4,7-13H,5-6,14H2,1H3/b18-9+,20-19-. The molecule has 0 N–H and O–H groups in total. The Labute approximate surface area is 125 Å². The van der Waals surface area contributed by atoms with Crippen molar-refractivity contribution in [2.24, 2.45) is 4.99 Å². The number of aryl methyl sites for hydroxylation is 1. The van der Waals surface area contributed by atoms with E-state index in [1.807, 2.05) is 30.3 Å². The lowest BCUT2D eigenvalue weighted by Crippen LogP contribution is -2.09. The fraction of sp³-hybridized carbons (Fsp3) is 0.211. The monoisotopic (exact) mass is 277 g/mol. The molecule has 2 aromatic carbocycles. The van der Waals surface area contributed by atoms with E-state index in [4.69, 9.17) is 4.74 Å². The highest BCUT2D eigenvalue weighted by Gasteiger charge is 2.12. The van der Waals surface area contributed by atoms with E-state index in [0.29, 0.717) is 5.90 Å². The van der Waals surface area contributed by atoms with Crippen LogP contribution in [0.3, 0.4) is 0 Å². The molecule has 2 nitrogen and oxygen atoms in total. The molecule has 21 heavy (non-hydrogen) atoms. The second kappa shape index (κ2) is 6.40. The number of hydrogen-bond acceptors (Lipinski definition) is 2. The summed E-state index contributed by atoms with van der Waals surface area (Å²) in [5, 5.41) is 0. The van der Waals surface area contributed by atoms with E-state index in [1.54, 1.807) is 0 Å². The molecule has 0 radical (unpaired) electrons. The molecule has 0 amide bonds. The third-order valence-electron chi connectivity index (χ3n) is 3.51. The average Bonchev–Trinajstić information content (AvgIpc) is 2.49. The van der Waals surface area contributed by atoms with Gasteiger partial charge in [0.15, 0.2) is 0 Å². The third-order valence-corrected chi connectivity index (χ3v) is 3.51. The normalized spacial score (nSPS) is 20.2. The van der Waals surface area contributed by atoms with Gasteiger partial charge in [-0.2, -0.15) is 0 Å². The van der Waals surface area contributed by atoms with Crippen LogP contribution in [0.2, 0.25) is 0 Å². The van der Waals surface area contributed by atoms with E-state index in [0.717, 1.165) is 36.3 Å². The maximum absolute atomic E-state index is 6.11. The van der Waals surface area contributed by atoms with Crippen LogP contribution in [0.5, 0.6) is 0 Å². The highest BCUT2D eigenvalue weighted by atomic mass is 16.5. The minimum atomic E-state index is 0.710. The maximum Gasteiger partial charge on any atom is 0.221 e. The number of rotatable bonds is 2. The molecule has 0 aliphatic carbocycles. The molecule has 1 heterocycles. The van der Waals surface area contributed by atoms with Gasteiger partial charge in [-0.25, -0.2) is 0 Å². The summed E-state index contributed by atoms with van der Waals surface area (Å²) in [4.78, 5) is 4.60. The molecule has 0 saturated heterocycles. The molecular formula is C19H19NO. The molecule has 0 saturated carbocycles. The summed E-state index contributed by atoms with van der Waals surface area (Å²) >= 11 is 0. The zero-order chi connectivity index (χ0) is 14.5. The van der Waals surface area contributed by atoms with Gasteiger partial charge in [0, 0.05) is 17.7 Å². The van der Waals surface area contributed by atoms with Crippen molar-refractivity contribution in [3.8, 4) is 0 Å². The first-order valence-corrected chi connectivity index (χ1v) is 7.38. The van der Waals surface area contributed by atoms with Crippen LogP contribution >= 0.6 is 0 Å². The van der Waals surface area contributed by atoms with E-state index in [-0.39, 0.29) is 0 Å². The minimum Gasteiger partial charge on any atom is -0.438 e. The maximum atomic E-state index is 6.11. The van der Waals surface area contributed by atoms with Crippen LogP contribution in [-0.4, -0.2) is 12.4 Å². The third kappa shape index (κ3) is 3.40. The van der Waals surface area contributed by atoms with Gasteiger partial charge in [0.2, 0.25) is 5.90 Å². The SMILES string of the molecule is Cc1ccc(/C2=C\CCC/N=C(/c3ccccc3)O2)cc1. The van der Waals surface area contributed by atoms with Crippen molar-refractivity contribution < 1.29 is 4.74 Å². The summed E-state index contributed by atoms with van der Waals surface area (Å²) in [5.74, 6) is 1.61. The lowest BCUT2D eigenvalue weighted by atomic mass is 10.1. The molecule has 1 aliphatic heterocycles. The first kappa shape index (κ1) is 13.6. The summed E-state index contributed by atoms with van der Waals surface area (Å²) in [5.41, 5.74) is 3.38. The highest BCUT2D eigenvalue weighted by Crippen LogP contribution is 2.22. The van der Waals surface area contributed by atoms with Crippen LogP contribution in [0, 0.1) is 6.92 Å². The smallest absolute Gasteiger partial charge is 0.221 e. The quantitative estimate of drug-likeness (QED) is 0.786. The van der Waals surface area contributed by atoms with Crippen LogP contribution in [0.25, 0.3) is 5.76 Å². The second-order valence-electron chi connectivity index (χ2n) is 5.23. The largest absolute Gasteiger partial charge is 0.438 e. The van der Waals surface area contributed by atoms with Gasteiger partial charge >= 0.3 is 0 Å². The molecule has 0 atom stereocenters. The Morgan fingerprint density at radius 3 is 2.43 bits per heavy atom. The molecule has 0 unspecified atom stereocenters. The number of aliphatic imine (C=N–C) groups is 1. The fourth-order valence-corrected chi connectivity index (χ4v) is 2.31. The number of hydrogen-bond donors (Lipinski definition) is 0. The molecular weight excluding hydrogens is 258 g/mol. The molecule has 3 rings (SSSR count). The first-order chi connectivity index (χ1) is 10.3. The predicted octanol–water partition coefficient (Wildman–Crippen LogP) is 4.59. The van der Waals surface area contributed by atoms with Gasteiger partial charge in [-0.1, -0.05) is 48.0 Å². The van der Waals surface area contributed by atoms with E-state index in [2.05, 4.69) is 42.3 Å². The average molecular weight is 277 g/mol. The van der Waals surface area contributed by atoms with E-state index in [1.165, 1.54) is 5.56 Å². The Hall–Kier alpha value is -2.35. The number of benzene rings is 2. The van der Waals surface area contributed by atoms with Gasteiger partial charge in [-0.3, -0.25) is 4.99 Å². The summed E-state index contributed by atoms with van der Waals surface area (Å²) in [6.45, 7) is 2.90. The molecule has 0 aromatic heterocycles. The zero-order valence-corrected chi connectivity index (χ0v) is 12.3. The van der Waals surface area contributed by atoms with E-state index < -0.39 is 0 Å². The topological polar surface area (TPSA) is 21.6 Å². The Morgan fingerprint density at radius 1 is 0.905 bits per heavy atom. The molecule has 0 fully saturated rings. The molecule has 2 aromatic rings. The lowest BCUT2D eigenvalue weighted by Gasteiger charge is -2.15. The van der Waals surface area contributed by atoms with Crippen LogP contribution in [-0.2, 0) is 4.74 Å². The number of nitrogens with zero attached hydrogens (tertiary/aromatic N) is 1. The van der Waals surface area contributed by atoms with Gasteiger partial charge in [0.1, 0.15) is 5.76 Å². The van der Waals surface area contributed by atoms with Crippen molar-refractivity contribution >= 4 is 11.7 Å². The molecule has 0 spiro atoms. The van der Waals surface area contributed by atoms with Crippen LogP contribution < -0.4 is 0 Å². The number of allylic oxidation sites excluding steroid dienone is 1. The lowest BCUT2D eigenvalue weighted by molar-refractivity contribution is 0.497. The Kier molecular flexibility index (Phi) is 4.15. The molecule has 2 heteroatoms. The van der Waals surface area contributed by atoms with Crippen LogP contribution in [0.1, 0.15) is 29.5 Å². The number of ether oxygens (including phenoxy) is 1. The van der Waals surface area contributed by atoms with Crippen LogP contribution in [0.4, 0.5) is 0 Å². The summed E-state index contributed by atoms with van der Waals surface area (Å²) in [6, 6.07) is 18.5. The van der Waals surface area contributed by atoms with Crippen molar-refractivity contribution in [1.82, 2.24) is 0 Å². The Bertz CT molecular complexity index is 654. The van der Waals surface area contributed by atoms with Crippen molar-refractivity contribution in [2.45, 2.75) is 19.8 Å². The summed E-state index contributed by atoms with van der Waals surface area (Å²) < 4.78 is 6.11. The molecule has 1 aliphatic rings. The molecule has 0 bridgehead atoms. The summed E-state index contributed by atoms with van der Waals surface area (Å²) in [7, 11) is 0. The van der Waals surface area contributed by atoms with E-state index >= 15 is 0 Å². The highest BCUT2D eigenvalue weighted by molar-refractivity contribution is 5.97. The molecule has 106 valence electrons. The van der Waals surface area contributed by atoms with Gasteiger partial charge in [-0.05, 0) is 38.0 Å².